The third kappa shape index (κ3) is 2.94. The second-order valence-electron chi connectivity index (χ2n) is 5.04. The highest BCUT2D eigenvalue weighted by atomic mass is 16.1. The molecule has 100 valence electrons. The Morgan fingerprint density at radius 3 is 2.68 bits per heavy atom. The van der Waals surface area contributed by atoms with Crippen molar-refractivity contribution >= 4 is 5.91 Å². The van der Waals surface area contributed by atoms with E-state index in [-0.39, 0.29) is 11.3 Å². The monoisotopic (exact) mass is 257 g/mol. The van der Waals surface area contributed by atoms with E-state index in [0.29, 0.717) is 19.0 Å². The molecule has 1 amide bonds. The Labute approximate surface area is 113 Å². The first-order valence-corrected chi connectivity index (χ1v) is 6.61. The molecule has 4 nitrogen and oxygen atoms in total. The molecule has 2 N–H and O–H groups in total. The molecule has 2 rings (SSSR count). The van der Waals surface area contributed by atoms with Crippen LogP contribution in [0.4, 0.5) is 0 Å². The second-order valence-corrected chi connectivity index (χ2v) is 5.04. The number of nitriles is 1. The van der Waals surface area contributed by atoms with Crippen molar-refractivity contribution in [3.63, 3.8) is 0 Å². The van der Waals surface area contributed by atoms with Crippen LogP contribution in [0.2, 0.25) is 0 Å². The average Bonchev–Trinajstić information content (AvgIpc) is 2.42. The van der Waals surface area contributed by atoms with Crippen molar-refractivity contribution in [2.75, 3.05) is 13.6 Å². The van der Waals surface area contributed by atoms with E-state index in [0.717, 1.165) is 18.4 Å². The first-order chi connectivity index (χ1) is 9.20. The zero-order chi connectivity index (χ0) is 13.7. The summed E-state index contributed by atoms with van der Waals surface area (Å²) in [6, 6.07) is 12.7. The largest absolute Gasteiger partial charge is 0.359 e. The predicted molar refractivity (Wildman–Crippen MR) is 73.4 cm³/mol. The molecule has 4 heteroatoms. The summed E-state index contributed by atoms with van der Waals surface area (Å²) < 4.78 is 0. The van der Waals surface area contributed by atoms with E-state index in [1.165, 1.54) is 0 Å². The lowest BCUT2D eigenvalue weighted by atomic mass is 9.62. The van der Waals surface area contributed by atoms with Gasteiger partial charge in [0.1, 0.15) is 0 Å². The van der Waals surface area contributed by atoms with E-state index in [4.69, 9.17) is 0 Å². The van der Waals surface area contributed by atoms with Gasteiger partial charge in [0.05, 0.1) is 11.5 Å². The molecule has 0 spiro atoms. The molecule has 1 aliphatic carbocycles. The van der Waals surface area contributed by atoms with Crippen LogP contribution in [0.1, 0.15) is 24.8 Å². The fraction of sp³-hybridized carbons (Fsp3) is 0.467. The van der Waals surface area contributed by atoms with Crippen LogP contribution in [-0.2, 0) is 10.2 Å². The van der Waals surface area contributed by atoms with Crippen LogP contribution in [0.5, 0.6) is 0 Å². The highest BCUT2D eigenvalue weighted by Crippen LogP contribution is 2.43. The fourth-order valence-electron chi connectivity index (χ4n) is 2.59. The van der Waals surface area contributed by atoms with Gasteiger partial charge >= 0.3 is 0 Å². The molecule has 0 radical (unpaired) electrons. The molecule has 1 aromatic carbocycles. The van der Waals surface area contributed by atoms with Gasteiger partial charge in [-0.1, -0.05) is 30.3 Å². The average molecular weight is 257 g/mol. The number of hydrogen-bond acceptors (Lipinski definition) is 3. The van der Waals surface area contributed by atoms with Gasteiger partial charge in [-0.25, -0.2) is 0 Å². The van der Waals surface area contributed by atoms with Gasteiger partial charge in [-0.05, 0) is 18.4 Å². The summed E-state index contributed by atoms with van der Waals surface area (Å²) in [5.74, 6) is 0.0430. The van der Waals surface area contributed by atoms with Crippen LogP contribution in [0, 0.1) is 11.3 Å². The standard InChI is InChI=1S/C15H19N3O/c1-17-14(19)7-8-18-13-9-15(10-13,11-16)12-5-3-2-4-6-12/h2-6,13,18H,7-10H2,1H3,(H,17,19). The highest BCUT2D eigenvalue weighted by molar-refractivity contribution is 5.75. The Morgan fingerprint density at radius 2 is 2.11 bits per heavy atom. The Hall–Kier alpha value is -1.86. The van der Waals surface area contributed by atoms with E-state index >= 15 is 0 Å². The predicted octanol–water partition coefficient (Wildman–Crippen LogP) is 1.34. The Morgan fingerprint density at radius 1 is 1.42 bits per heavy atom. The van der Waals surface area contributed by atoms with Gasteiger partial charge in [0, 0.05) is 26.1 Å². The normalized spacial score (nSPS) is 25.2. The van der Waals surface area contributed by atoms with Gasteiger partial charge in [-0.3, -0.25) is 4.79 Å². The number of nitrogens with one attached hydrogen (secondary N) is 2. The van der Waals surface area contributed by atoms with Crippen LogP contribution in [0.15, 0.2) is 30.3 Å². The summed E-state index contributed by atoms with van der Waals surface area (Å²) in [5.41, 5.74) is 0.758. The molecule has 1 aromatic rings. The topological polar surface area (TPSA) is 64.9 Å². The minimum atomic E-state index is -0.341. The van der Waals surface area contributed by atoms with E-state index in [9.17, 15) is 10.1 Å². The Kier molecular flexibility index (Phi) is 4.18. The third-order valence-electron chi connectivity index (χ3n) is 3.79. The first kappa shape index (κ1) is 13.6. The molecular weight excluding hydrogens is 238 g/mol. The summed E-state index contributed by atoms with van der Waals surface area (Å²) in [4.78, 5) is 11.1. The molecule has 0 bridgehead atoms. The molecule has 0 saturated heterocycles. The van der Waals surface area contributed by atoms with Gasteiger partial charge in [0.15, 0.2) is 0 Å². The molecule has 0 atom stereocenters. The van der Waals surface area contributed by atoms with Crippen molar-refractivity contribution in [3.05, 3.63) is 35.9 Å². The zero-order valence-electron chi connectivity index (χ0n) is 11.1. The third-order valence-corrected chi connectivity index (χ3v) is 3.79. The number of carbonyl (C=O) groups excluding carboxylic acids is 1. The van der Waals surface area contributed by atoms with Crippen molar-refractivity contribution in [1.82, 2.24) is 10.6 Å². The molecule has 19 heavy (non-hydrogen) atoms. The molecule has 0 unspecified atom stereocenters. The lowest BCUT2D eigenvalue weighted by molar-refractivity contribution is -0.120. The molecule has 1 fully saturated rings. The van der Waals surface area contributed by atoms with Gasteiger partial charge in [0.2, 0.25) is 5.91 Å². The fourth-order valence-corrected chi connectivity index (χ4v) is 2.59. The van der Waals surface area contributed by atoms with Crippen LogP contribution < -0.4 is 10.6 Å². The number of hydrogen-bond donors (Lipinski definition) is 2. The van der Waals surface area contributed by atoms with Crippen LogP contribution in [-0.4, -0.2) is 25.5 Å². The number of nitrogens with zero attached hydrogens (tertiary/aromatic N) is 1. The van der Waals surface area contributed by atoms with Crippen molar-refractivity contribution in [1.29, 1.82) is 5.26 Å². The van der Waals surface area contributed by atoms with Gasteiger partial charge in [-0.2, -0.15) is 5.26 Å². The summed E-state index contributed by atoms with van der Waals surface area (Å²) >= 11 is 0. The minimum Gasteiger partial charge on any atom is -0.359 e. The van der Waals surface area contributed by atoms with Gasteiger partial charge in [0.25, 0.3) is 0 Å². The number of carbonyl (C=O) groups is 1. The lowest BCUT2D eigenvalue weighted by Gasteiger charge is -2.43. The van der Waals surface area contributed by atoms with Crippen LogP contribution in [0.25, 0.3) is 0 Å². The van der Waals surface area contributed by atoms with Gasteiger partial charge < -0.3 is 10.6 Å². The zero-order valence-corrected chi connectivity index (χ0v) is 11.1. The van der Waals surface area contributed by atoms with Gasteiger partial charge in [-0.15, -0.1) is 0 Å². The lowest BCUT2D eigenvalue weighted by Crippen LogP contribution is -2.51. The van der Waals surface area contributed by atoms with E-state index in [1.807, 2.05) is 30.3 Å². The number of amides is 1. The first-order valence-electron chi connectivity index (χ1n) is 6.61. The Bertz CT molecular complexity index is 472. The molecule has 0 aliphatic heterocycles. The second kappa shape index (κ2) is 5.85. The quantitative estimate of drug-likeness (QED) is 0.836. The number of benzene rings is 1. The Balaban J connectivity index is 1.84. The van der Waals surface area contributed by atoms with Crippen molar-refractivity contribution in [2.24, 2.45) is 0 Å². The van der Waals surface area contributed by atoms with Crippen LogP contribution in [0.3, 0.4) is 0 Å². The maximum absolute atomic E-state index is 11.1. The van der Waals surface area contributed by atoms with Crippen molar-refractivity contribution in [2.45, 2.75) is 30.7 Å². The molecule has 0 heterocycles. The highest BCUT2D eigenvalue weighted by Gasteiger charge is 2.45. The summed E-state index contributed by atoms with van der Waals surface area (Å²) in [5, 5.41) is 15.3. The maximum atomic E-state index is 11.1. The smallest absolute Gasteiger partial charge is 0.221 e. The SMILES string of the molecule is CNC(=O)CCNC1CC(C#N)(c2ccccc2)C1. The summed E-state index contributed by atoms with van der Waals surface area (Å²) in [6.07, 6.45) is 2.13. The molecular formula is C15H19N3O. The van der Waals surface area contributed by atoms with Crippen molar-refractivity contribution in [3.8, 4) is 6.07 Å². The maximum Gasteiger partial charge on any atom is 0.221 e. The van der Waals surface area contributed by atoms with Crippen molar-refractivity contribution < 1.29 is 4.79 Å². The summed E-state index contributed by atoms with van der Waals surface area (Å²) in [6.45, 7) is 0.667. The number of rotatable bonds is 5. The van der Waals surface area contributed by atoms with Crippen LogP contribution >= 0.6 is 0 Å². The van der Waals surface area contributed by atoms with E-state index < -0.39 is 0 Å². The molecule has 0 aromatic heterocycles. The van der Waals surface area contributed by atoms with E-state index in [2.05, 4.69) is 16.7 Å². The summed E-state index contributed by atoms with van der Waals surface area (Å²) in [7, 11) is 1.64. The minimum absolute atomic E-state index is 0.0430. The van der Waals surface area contributed by atoms with E-state index in [1.54, 1.807) is 7.05 Å². The molecule has 1 saturated carbocycles. The molecule has 1 aliphatic rings.